The molecule has 1 aromatic rings. The van der Waals surface area contributed by atoms with Crippen LogP contribution >= 0.6 is 0 Å². The molecule has 5 rings (SSSR count). The van der Waals surface area contributed by atoms with E-state index in [0.717, 1.165) is 24.3 Å². The Morgan fingerprint density at radius 1 is 1.17 bits per heavy atom. The summed E-state index contributed by atoms with van der Waals surface area (Å²) in [5.74, 6) is 3.61. The maximum atomic E-state index is 6.17. The lowest BCUT2D eigenvalue weighted by Gasteiger charge is -2.59. The fraction of sp³-hybridized carbons (Fsp3) is 0.750. The van der Waals surface area contributed by atoms with E-state index in [1.807, 2.05) is 0 Å². The molecular formula is C16H24N2. The average molecular weight is 244 g/mol. The van der Waals surface area contributed by atoms with Crippen LogP contribution in [0.5, 0.6) is 0 Å². The summed E-state index contributed by atoms with van der Waals surface area (Å²) in [6, 6.07) is 4.37. The Labute approximate surface area is 109 Å². The fourth-order valence-electron chi connectivity index (χ4n) is 5.87. The molecule has 1 unspecified atom stereocenters. The van der Waals surface area contributed by atoms with Crippen LogP contribution in [0, 0.1) is 23.2 Å². The zero-order valence-corrected chi connectivity index (χ0v) is 11.1. The average Bonchev–Trinajstić information content (AvgIpc) is 2.81. The van der Waals surface area contributed by atoms with Crippen LogP contribution in [0.2, 0.25) is 0 Å². The minimum absolute atomic E-state index is 0.536. The molecule has 0 spiro atoms. The minimum atomic E-state index is 0.536. The normalized spacial score (nSPS) is 43.3. The molecule has 4 aliphatic rings. The van der Waals surface area contributed by atoms with E-state index in [0.29, 0.717) is 11.3 Å². The second-order valence-corrected chi connectivity index (χ2v) is 7.19. The summed E-state index contributed by atoms with van der Waals surface area (Å²) in [5, 5.41) is 0. The van der Waals surface area contributed by atoms with Gasteiger partial charge in [0.2, 0.25) is 0 Å². The number of nitrogens with one attached hydrogen (secondary N) is 1. The van der Waals surface area contributed by atoms with Crippen molar-refractivity contribution < 1.29 is 0 Å². The standard InChI is InChI=1S/C16H24N2/c17-10-14(15-2-1-3-18-15)16-7-11-4-12(8-16)6-13(5-11)9-16/h1-3,11-14,18H,4-10,17H2. The number of hydrogen-bond acceptors (Lipinski definition) is 1. The summed E-state index contributed by atoms with van der Waals surface area (Å²) in [4.78, 5) is 3.43. The lowest BCUT2D eigenvalue weighted by atomic mass is 9.46. The van der Waals surface area contributed by atoms with Gasteiger partial charge < -0.3 is 10.7 Å². The van der Waals surface area contributed by atoms with Crippen LogP contribution in [0.3, 0.4) is 0 Å². The van der Waals surface area contributed by atoms with E-state index in [2.05, 4.69) is 23.3 Å². The first-order chi connectivity index (χ1) is 8.79. The molecule has 0 radical (unpaired) electrons. The molecule has 0 amide bonds. The van der Waals surface area contributed by atoms with E-state index in [9.17, 15) is 0 Å². The molecule has 0 saturated heterocycles. The van der Waals surface area contributed by atoms with Crippen LogP contribution in [-0.4, -0.2) is 11.5 Å². The van der Waals surface area contributed by atoms with Crippen molar-refractivity contribution >= 4 is 0 Å². The summed E-state index contributed by atoms with van der Waals surface area (Å²) in [7, 11) is 0. The highest BCUT2D eigenvalue weighted by molar-refractivity contribution is 5.18. The molecule has 1 atom stereocenters. The maximum Gasteiger partial charge on any atom is 0.0196 e. The number of rotatable bonds is 3. The van der Waals surface area contributed by atoms with E-state index >= 15 is 0 Å². The molecule has 4 bridgehead atoms. The van der Waals surface area contributed by atoms with Gasteiger partial charge in [0, 0.05) is 24.4 Å². The molecule has 1 aromatic heterocycles. The zero-order chi connectivity index (χ0) is 12.2. The molecule has 4 saturated carbocycles. The smallest absolute Gasteiger partial charge is 0.0196 e. The largest absolute Gasteiger partial charge is 0.365 e. The molecule has 18 heavy (non-hydrogen) atoms. The van der Waals surface area contributed by atoms with Gasteiger partial charge >= 0.3 is 0 Å². The van der Waals surface area contributed by atoms with E-state index in [-0.39, 0.29) is 0 Å². The quantitative estimate of drug-likeness (QED) is 0.842. The van der Waals surface area contributed by atoms with Crippen LogP contribution in [0.25, 0.3) is 0 Å². The third kappa shape index (κ3) is 1.51. The molecular weight excluding hydrogens is 220 g/mol. The van der Waals surface area contributed by atoms with Crippen molar-refractivity contribution in [1.82, 2.24) is 4.98 Å². The Morgan fingerprint density at radius 2 is 1.78 bits per heavy atom. The molecule has 0 aliphatic heterocycles. The fourth-order valence-corrected chi connectivity index (χ4v) is 5.87. The Bertz CT molecular complexity index is 385. The first kappa shape index (κ1) is 11.1. The van der Waals surface area contributed by atoms with Gasteiger partial charge in [-0.15, -0.1) is 0 Å². The Kier molecular flexibility index (Phi) is 2.38. The van der Waals surface area contributed by atoms with Crippen molar-refractivity contribution in [3.05, 3.63) is 24.0 Å². The monoisotopic (exact) mass is 244 g/mol. The topological polar surface area (TPSA) is 41.8 Å². The van der Waals surface area contributed by atoms with Crippen molar-refractivity contribution in [3.63, 3.8) is 0 Å². The summed E-state index contributed by atoms with van der Waals surface area (Å²) in [6.07, 6.45) is 10.9. The van der Waals surface area contributed by atoms with E-state index < -0.39 is 0 Å². The van der Waals surface area contributed by atoms with Crippen molar-refractivity contribution in [2.24, 2.45) is 28.9 Å². The highest BCUT2D eigenvalue weighted by Crippen LogP contribution is 2.64. The van der Waals surface area contributed by atoms with Crippen molar-refractivity contribution in [1.29, 1.82) is 0 Å². The van der Waals surface area contributed by atoms with Gasteiger partial charge in [0.15, 0.2) is 0 Å². The predicted molar refractivity (Wildman–Crippen MR) is 73.2 cm³/mol. The van der Waals surface area contributed by atoms with Crippen molar-refractivity contribution in [2.45, 2.75) is 44.4 Å². The molecule has 2 nitrogen and oxygen atoms in total. The van der Waals surface area contributed by atoms with Gasteiger partial charge in [-0.05, 0) is 73.8 Å². The first-order valence-electron chi connectivity index (χ1n) is 7.62. The van der Waals surface area contributed by atoms with Crippen LogP contribution in [0.4, 0.5) is 0 Å². The molecule has 4 aliphatic carbocycles. The highest BCUT2D eigenvalue weighted by Gasteiger charge is 2.54. The summed E-state index contributed by atoms with van der Waals surface area (Å²) < 4.78 is 0. The van der Waals surface area contributed by atoms with Crippen molar-refractivity contribution in [2.75, 3.05) is 6.54 Å². The second-order valence-electron chi connectivity index (χ2n) is 7.19. The minimum Gasteiger partial charge on any atom is -0.365 e. The molecule has 98 valence electrons. The zero-order valence-electron chi connectivity index (χ0n) is 11.1. The van der Waals surface area contributed by atoms with Gasteiger partial charge in [-0.3, -0.25) is 0 Å². The van der Waals surface area contributed by atoms with Crippen LogP contribution in [0.15, 0.2) is 18.3 Å². The van der Waals surface area contributed by atoms with Gasteiger partial charge in [-0.25, -0.2) is 0 Å². The number of aromatic nitrogens is 1. The van der Waals surface area contributed by atoms with Gasteiger partial charge in [-0.2, -0.15) is 0 Å². The summed E-state index contributed by atoms with van der Waals surface area (Å²) >= 11 is 0. The van der Waals surface area contributed by atoms with E-state index in [1.165, 1.54) is 44.2 Å². The van der Waals surface area contributed by atoms with Gasteiger partial charge in [0.1, 0.15) is 0 Å². The van der Waals surface area contributed by atoms with Crippen molar-refractivity contribution in [3.8, 4) is 0 Å². The highest BCUT2D eigenvalue weighted by atomic mass is 14.7. The maximum absolute atomic E-state index is 6.17. The number of nitrogens with two attached hydrogens (primary N) is 1. The molecule has 4 fully saturated rings. The third-order valence-corrected chi connectivity index (χ3v) is 6.06. The van der Waals surface area contributed by atoms with E-state index in [1.54, 1.807) is 0 Å². The van der Waals surface area contributed by atoms with Crippen LogP contribution in [0.1, 0.15) is 50.1 Å². The Morgan fingerprint density at radius 3 is 2.22 bits per heavy atom. The molecule has 2 heteroatoms. The van der Waals surface area contributed by atoms with Crippen LogP contribution < -0.4 is 5.73 Å². The number of H-pyrrole nitrogens is 1. The predicted octanol–water partition coefficient (Wildman–Crippen LogP) is 3.27. The summed E-state index contributed by atoms with van der Waals surface area (Å²) in [6.45, 7) is 0.812. The van der Waals surface area contributed by atoms with E-state index in [4.69, 9.17) is 5.73 Å². The van der Waals surface area contributed by atoms with Gasteiger partial charge in [0.25, 0.3) is 0 Å². The Balaban J connectivity index is 1.70. The molecule has 3 N–H and O–H groups in total. The first-order valence-corrected chi connectivity index (χ1v) is 7.62. The molecule has 1 heterocycles. The lowest BCUT2D eigenvalue weighted by molar-refractivity contribution is -0.0677. The summed E-state index contributed by atoms with van der Waals surface area (Å²) in [5.41, 5.74) is 8.09. The van der Waals surface area contributed by atoms with Crippen LogP contribution in [-0.2, 0) is 0 Å². The second kappa shape index (κ2) is 3.86. The van der Waals surface area contributed by atoms with Gasteiger partial charge in [-0.1, -0.05) is 0 Å². The third-order valence-electron chi connectivity index (χ3n) is 6.06. The molecule has 0 aromatic carbocycles. The Hall–Kier alpha value is -0.760. The lowest BCUT2D eigenvalue weighted by Crippen LogP contribution is -2.50. The number of aromatic amines is 1. The SMILES string of the molecule is NCC(c1ccc[nH]1)C12CC3CC(CC(C3)C1)C2. The number of hydrogen-bond donors (Lipinski definition) is 2. The van der Waals surface area contributed by atoms with Gasteiger partial charge in [0.05, 0.1) is 0 Å².